The van der Waals surface area contributed by atoms with Gasteiger partial charge in [-0.3, -0.25) is 19.6 Å². The molecule has 0 spiro atoms. The first-order valence-corrected chi connectivity index (χ1v) is 12.7. The van der Waals surface area contributed by atoms with E-state index in [0.717, 1.165) is 11.1 Å². The van der Waals surface area contributed by atoms with Gasteiger partial charge in [-0.15, -0.1) is 0 Å². The standard InChI is InChI=1S/C30H33N3O5/c1-30(2,3)23-13-15-24(16-14-23)33(26(28(35)36)22-11-7-17-31-19-22)27(34)25-12-8-18-32(25)29(37)38-20-21-9-5-4-6-10-21/h4-7,9-11,13-17,19,25-26H,8,12,18,20H2,1-3H3,(H,35,36)/t25-,26?/m1/s1. The van der Waals surface area contributed by atoms with Gasteiger partial charge in [-0.05, 0) is 47.6 Å². The highest BCUT2D eigenvalue weighted by atomic mass is 16.6. The minimum Gasteiger partial charge on any atom is -0.479 e. The van der Waals surface area contributed by atoms with Gasteiger partial charge in [0.2, 0.25) is 0 Å². The number of anilines is 1. The number of aliphatic carboxylic acids is 1. The summed E-state index contributed by atoms with van der Waals surface area (Å²) >= 11 is 0. The number of nitrogens with zero attached hydrogens (tertiary/aromatic N) is 3. The SMILES string of the molecule is CC(C)(C)c1ccc(N(C(=O)[C@H]2CCCN2C(=O)OCc2ccccc2)C(C(=O)O)c2cccnc2)cc1. The number of pyridine rings is 1. The Morgan fingerprint density at radius 2 is 1.76 bits per heavy atom. The zero-order chi connectivity index (χ0) is 27.3. The number of carbonyl (C=O) groups excluding carboxylic acids is 2. The van der Waals surface area contributed by atoms with Crippen molar-refractivity contribution in [1.29, 1.82) is 0 Å². The van der Waals surface area contributed by atoms with Gasteiger partial charge in [-0.25, -0.2) is 9.59 Å². The maximum absolute atomic E-state index is 14.1. The molecule has 0 aliphatic carbocycles. The predicted octanol–water partition coefficient (Wildman–Crippen LogP) is 5.34. The van der Waals surface area contributed by atoms with Gasteiger partial charge in [0, 0.05) is 30.2 Å². The molecule has 1 N–H and O–H groups in total. The fourth-order valence-electron chi connectivity index (χ4n) is 4.67. The summed E-state index contributed by atoms with van der Waals surface area (Å²) in [5.41, 5.74) is 2.57. The molecule has 2 heterocycles. The normalized spacial score (nSPS) is 16.1. The Balaban J connectivity index is 1.66. The van der Waals surface area contributed by atoms with Crippen LogP contribution in [-0.2, 0) is 26.3 Å². The Bertz CT molecular complexity index is 1260. The van der Waals surface area contributed by atoms with Crippen LogP contribution < -0.4 is 4.90 Å². The lowest BCUT2D eigenvalue weighted by Crippen LogP contribution is -2.50. The number of ether oxygens (including phenoxy) is 1. The van der Waals surface area contributed by atoms with Crippen molar-refractivity contribution in [3.8, 4) is 0 Å². The lowest BCUT2D eigenvalue weighted by atomic mass is 9.87. The fourth-order valence-corrected chi connectivity index (χ4v) is 4.67. The van der Waals surface area contributed by atoms with Crippen molar-refractivity contribution < 1.29 is 24.2 Å². The summed E-state index contributed by atoms with van der Waals surface area (Å²) in [5.74, 6) is -1.67. The summed E-state index contributed by atoms with van der Waals surface area (Å²) in [6.07, 6.45) is 3.42. The third kappa shape index (κ3) is 6.02. The van der Waals surface area contributed by atoms with Crippen LogP contribution in [0.4, 0.5) is 10.5 Å². The summed E-state index contributed by atoms with van der Waals surface area (Å²) in [6.45, 7) is 6.68. The first-order valence-electron chi connectivity index (χ1n) is 12.7. The Hall–Kier alpha value is -4.20. The number of carboxylic acids is 1. The summed E-state index contributed by atoms with van der Waals surface area (Å²) in [6, 6.07) is 17.7. The van der Waals surface area contributed by atoms with Crippen molar-refractivity contribution in [2.45, 2.75) is 57.7 Å². The summed E-state index contributed by atoms with van der Waals surface area (Å²) in [7, 11) is 0. The molecule has 0 saturated carbocycles. The highest BCUT2D eigenvalue weighted by Crippen LogP contribution is 2.33. The minimum atomic E-state index is -1.32. The van der Waals surface area contributed by atoms with Gasteiger partial charge < -0.3 is 9.84 Å². The number of hydrogen-bond acceptors (Lipinski definition) is 5. The van der Waals surface area contributed by atoms with Gasteiger partial charge in [-0.1, -0.05) is 69.3 Å². The van der Waals surface area contributed by atoms with E-state index in [1.54, 1.807) is 30.5 Å². The molecule has 8 nitrogen and oxygen atoms in total. The Labute approximate surface area is 222 Å². The molecule has 8 heteroatoms. The zero-order valence-electron chi connectivity index (χ0n) is 21.9. The lowest BCUT2D eigenvalue weighted by molar-refractivity contribution is -0.140. The first kappa shape index (κ1) is 26.9. The van der Waals surface area contributed by atoms with Crippen LogP contribution in [0.3, 0.4) is 0 Å². The van der Waals surface area contributed by atoms with Crippen LogP contribution in [0.5, 0.6) is 0 Å². The minimum absolute atomic E-state index is 0.0858. The third-order valence-electron chi connectivity index (χ3n) is 6.72. The Kier molecular flexibility index (Phi) is 8.10. The number of aromatic nitrogens is 1. The van der Waals surface area contributed by atoms with E-state index in [4.69, 9.17) is 4.74 Å². The van der Waals surface area contributed by atoms with Crippen molar-refractivity contribution in [3.05, 3.63) is 95.8 Å². The van der Waals surface area contributed by atoms with E-state index in [1.165, 1.54) is 16.0 Å². The topological polar surface area (TPSA) is 100 Å². The monoisotopic (exact) mass is 515 g/mol. The first-order chi connectivity index (χ1) is 18.2. The average molecular weight is 516 g/mol. The van der Waals surface area contributed by atoms with Gasteiger partial charge in [0.05, 0.1) is 0 Å². The number of rotatable bonds is 7. The van der Waals surface area contributed by atoms with Crippen LogP contribution >= 0.6 is 0 Å². The van der Waals surface area contributed by atoms with Gasteiger partial charge in [0.25, 0.3) is 5.91 Å². The van der Waals surface area contributed by atoms with E-state index >= 15 is 0 Å². The van der Waals surface area contributed by atoms with Crippen molar-refractivity contribution >= 4 is 23.7 Å². The molecule has 1 saturated heterocycles. The molecule has 1 aliphatic rings. The Morgan fingerprint density at radius 3 is 2.37 bits per heavy atom. The molecule has 0 bridgehead atoms. The number of hydrogen-bond donors (Lipinski definition) is 1. The van der Waals surface area contributed by atoms with Crippen molar-refractivity contribution in [1.82, 2.24) is 9.88 Å². The number of amides is 2. The maximum atomic E-state index is 14.1. The van der Waals surface area contributed by atoms with Crippen molar-refractivity contribution in [3.63, 3.8) is 0 Å². The molecule has 0 radical (unpaired) electrons. The molecule has 4 rings (SSSR count). The lowest BCUT2D eigenvalue weighted by Gasteiger charge is -2.34. The highest BCUT2D eigenvalue weighted by molar-refractivity contribution is 6.03. The van der Waals surface area contributed by atoms with Crippen molar-refractivity contribution in [2.24, 2.45) is 0 Å². The van der Waals surface area contributed by atoms with E-state index < -0.39 is 30.1 Å². The van der Waals surface area contributed by atoms with Crippen LogP contribution in [0.1, 0.15) is 56.3 Å². The molecule has 1 fully saturated rings. The molecule has 1 aliphatic heterocycles. The molecule has 3 aromatic rings. The van der Waals surface area contributed by atoms with Gasteiger partial charge in [0.1, 0.15) is 12.6 Å². The summed E-state index contributed by atoms with van der Waals surface area (Å²) in [4.78, 5) is 46.5. The van der Waals surface area contributed by atoms with E-state index in [1.807, 2.05) is 42.5 Å². The van der Waals surface area contributed by atoms with Crippen LogP contribution in [0.2, 0.25) is 0 Å². The van der Waals surface area contributed by atoms with Crippen LogP contribution in [0, 0.1) is 0 Å². The maximum Gasteiger partial charge on any atom is 0.410 e. The number of likely N-dealkylation sites (tertiary alicyclic amines) is 1. The molecule has 38 heavy (non-hydrogen) atoms. The zero-order valence-corrected chi connectivity index (χ0v) is 21.9. The van der Waals surface area contributed by atoms with Gasteiger partial charge in [-0.2, -0.15) is 0 Å². The van der Waals surface area contributed by atoms with Crippen LogP contribution in [-0.4, -0.2) is 45.5 Å². The van der Waals surface area contributed by atoms with Crippen LogP contribution in [0.25, 0.3) is 0 Å². The molecular formula is C30H33N3O5. The fraction of sp³-hybridized carbons (Fsp3) is 0.333. The summed E-state index contributed by atoms with van der Waals surface area (Å²) < 4.78 is 5.51. The molecule has 2 atom stereocenters. The third-order valence-corrected chi connectivity index (χ3v) is 6.72. The van der Waals surface area contributed by atoms with E-state index in [2.05, 4.69) is 25.8 Å². The predicted molar refractivity (Wildman–Crippen MR) is 144 cm³/mol. The quantitative estimate of drug-likeness (QED) is 0.456. The largest absolute Gasteiger partial charge is 0.479 e. The van der Waals surface area contributed by atoms with E-state index in [0.29, 0.717) is 30.6 Å². The summed E-state index contributed by atoms with van der Waals surface area (Å²) in [5, 5.41) is 10.3. The van der Waals surface area contributed by atoms with E-state index in [9.17, 15) is 19.5 Å². The number of carboxylic acid groups (broad SMARTS) is 1. The number of carbonyl (C=O) groups is 3. The van der Waals surface area contributed by atoms with Crippen molar-refractivity contribution in [2.75, 3.05) is 11.4 Å². The Morgan fingerprint density at radius 1 is 1.05 bits per heavy atom. The van der Waals surface area contributed by atoms with E-state index in [-0.39, 0.29) is 12.0 Å². The molecule has 1 aromatic heterocycles. The molecule has 2 aromatic carbocycles. The second-order valence-corrected chi connectivity index (χ2v) is 10.4. The second kappa shape index (κ2) is 11.5. The second-order valence-electron chi connectivity index (χ2n) is 10.4. The number of benzene rings is 2. The van der Waals surface area contributed by atoms with Crippen LogP contribution in [0.15, 0.2) is 79.1 Å². The molecule has 2 amide bonds. The highest BCUT2D eigenvalue weighted by Gasteiger charge is 2.42. The molecule has 1 unspecified atom stereocenters. The molecule has 198 valence electrons. The smallest absolute Gasteiger partial charge is 0.410 e. The average Bonchev–Trinajstić information content (AvgIpc) is 3.41. The van der Waals surface area contributed by atoms with Gasteiger partial charge >= 0.3 is 12.1 Å². The molecular weight excluding hydrogens is 482 g/mol. The van der Waals surface area contributed by atoms with Gasteiger partial charge in [0.15, 0.2) is 6.04 Å².